The first-order valence-electron chi connectivity index (χ1n) is 7.07. The van der Waals surface area contributed by atoms with E-state index in [-0.39, 0.29) is 12.5 Å². The third-order valence-electron chi connectivity index (χ3n) is 3.01. The van der Waals surface area contributed by atoms with E-state index in [4.69, 9.17) is 25.5 Å². The highest BCUT2D eigenvalue weighted by atomic mass is 35.5. The van der Waals surface area contributed by atoms with E-state index in [0.717, 1.165) is 4.88 Å². The second-order valence-corrected chi connectivity index (χ2v) is 6.13. The van der Waals surface area contributed by atoms with Gasteiger partial charge in [0.05, 0.1) is 9.90 Å². The summed E-state index contributed by atoms with van der Waals surface area (Å²) in [5.74, 6) is 0.486. The second kappa shape index (κ2) is 7.46. The molecule has 0 aliphatic rings. The van der Waals surface area contributed by atoms with Gasteiger partial charge in [0.1, 0.15) is 5.75 Å². The molecule has 3 aromatic rings. The van der Waals surface area contributed by atoms with Crippen LogP contribution in [-0.2, 0) is 9.53 Å². The fourth-order valence-electron chi connectivity index (χ4n) is 1.88. The maximum atomic E-state index is 11.9. The predicted octanol–water partition coefficient (Wildman–Crippen LogP) is 4.13. The molecular formula is C16H13ClN2O4S. The van der Waals surface area contributed by atoms with Crippen LogP contribution in [0.4, 0.5) is 0 Å². The lowest BCUT2D eigenvalue weighted by Gasteiger charge is -2.10. The van der Waals surface area contributed by atoms with Crippen molar-refractivity contribution < 1.29 is 18.7 Å². The summed E-state index contributed by atoms with van der Waals surface area (Å²) in [4.78, 5) is 12.7. The highest BCUT2D eigenvalue weighted by Crippen LogP contribution is 2.26. The highest BCUT2D eigenvalue weighted by Gasteiger charge is 2.19. The molecule has 0 N–H and O–H groups in total. The maximum Gasteiger partial charge on any atom is 0.344 e. The van der Waals surface area contributed by atoms with Crippen molar-refractivity contribution in [2.24, 2.45) is 0 Å². The van der Waals surface area contributed by atoms with Gasteiger partial charge < -0.3 is 13.9 Å². The van der Waals surface area contributed by atoms with E-state index in [9.17, 15) is 4.79 Å². The van der Waals surface area contributed by atoms with E-state index < -0.39 is 12.1 Å². The lowest BCUT2D eigenvalue weighted by atomic mass is 10.3. The molecule has 0 radical (unpaired) electrons. The van der Waals surface area contributed by atoms with Crippen molar-refractivity contribution in [1.29, 1.82) is 0 Å². The molecule has 6 nitrogen and oxygen atoms in total. The fraction of sp³-hybridized carbons (Fsp3) is 0.188. The Morgan fingerprint density at radius 1 is 1.29 bits per heavy atom. The summed E-state index contributed by atoms with van der Waals surface area (Å²) in [6.45, 7) is 1.39. The quantitative estimate of drug-likeness (QED) is 0.612. The van der Waals surface area contributed by atoms with Crippen molar-refractivity contribution in [3.05, 3.63) is 52.7 Å². The van der Waals surface area contributed by atoms with E-state index in [1.54, 1.807) is 31.2 Å². The lowest BCUT2D eigenvalue weighted by molar-refractivity contribution is -0.152. The first-order valence-corrected chi connectivity index (χ1v) is 8.33. The van der Waals surface area contributed by atoms with Crippen molar-refractivity contribution in [2.45, 2.75) is 13.0 Å². The summed E-state index contributed by atoms with van der Waals surface area (Å²) >= 11 is 7.44. The molecule has 0 fully saturated rings. The van der Waals surface area contributed by atoms with Gasteiger partial charge in [-0.15, -0.1) is 21.5 Å². The molecule has 0 amide bonds. The van der Waals surface area contributed by atoms with Crippen molar-refractivity contribution in [3.8, 4) is 16.5 Å². The molecule has 3 rings (SSSR count). The zero-order chi connectivity index (χ0) is 16.9. The summed E-state index contributed by atoms with van der Waals surface area (Å²) in [5, 5.41) is 10.2. The van der Waals surface area contributed by atoms with Gasteiger partial charge in [-0.3, -0.25) is 0 Å². The average Bonchev–Trinajstić information content (AvgIpc) is 3.25. The van der Waals surface area contributed by atoms with E-state index in [1.807, 2.05) is 17.5 Å². The van der Waals surface area contributed by atoms with Crippen molar-refractivity contribution >= 4 is 28.9 Å². The number of nitrogens with zero attached hydrogens (tertiary/aromatic N) is 2. The summed E-state index contributed by atoms with van der Waals surface area (Å²) in [6.07, 6.45) is -0.673. The average molecular weight is 365 g/mol. The van der Waals surface area contributed by atoms with Crippen LogP contribution in [0.2, 0.25) is 5.02 Å². The maximum absolute atomic E-state index is 11.9. The molecule has 0 aliphatic heterocycles. The minimum atomic E-state index is -0.673. The van der Waals surface area contributed by atoms with Crippen LogP contribution in [0.5, 0.6) is 5.75 Å². The van der Waals surface area contributed by atoms with E-state index >= 15 is 0 Å². The third kappa shape index (κ3) is 3.93. The number of halogens is 1. The van der Waals surface area contributed by atoms with Crippen LogP contribution in [-0.4, -0.2) is 22.8 Å². The number of ether oxygens (including phenoxy) is 2. The number of para-hydroxylation sites is 1. The molecule has 2 heterocycles. The van der Waals surface area contributed by atoms with Crippen molar-refractivity contribution in [3.63, 3.8) is 0 Å². The van der Waals surface area contributed by atoms with Gasteiger partial charge in [0.2, 0.25) is 0 Å². The normalized spacial score (nSPS) is 11.9. The zero-order valence-electron chi connectivity index (χ0n) is 12.6. The number of carbonyl (C=O) groups excluding carboxylic acids is 1. The van der Waals surface area contributed by atoms with Crippen LogP contribution < -0.4 is 4.74 Å². The van der Waals surface area contributed by atoms with Gasteiger partial charge in [-0.1, -0.05) is 29.8 Å². The number of carbonyl (C=O) groups is 1. The van der Waals surface area contributed by atoms with Crippen molar-refractivity contribution in [1.82, 2.24) is 10.2 Å². The van der Waals surface area contributed by atoms with E-state index in [2.05, 4.69) is 10.2 Å². The molecule has 0 aliphatic carbocycles. The fourth-order valence-corrected chi connectivity index (χ4v) is 2.71. The topological polar surface area (TPSA) is 74.5 Å². The number of hydrogen-bond donors (Lipinski definition) is 0. The van der Waals surface area contributed by atoms with Crippen LogP contribution in [0.1, 0.15) is 18.9 Å². The largest absolute Gasteiger partial charge is 0.480 e. The minimum Gasteiger partial charge on any atom is -0.480 e. The first-order chi connectivity index (χ1) is 11.6. The Morgan fingerprint density at radius 2 is 2.12 bits per heavy atom. The predicted molar refractivity (Wildman–Crippen MR) is 89.1 cm³/mol. The van der Waals surface area contributed by atoms with Gasteiger partial charge in [-0.2, -0.15) is 0 Å². The molecule has 2 aromatic heterocycles. The number of esters is 1. The van der Waals surface area contributed by atoms with E-state index in [0.29, 0.717) is 16.7 Å². The van der Waals surface area contributed by atoms with Gasteiger partial charge >= 0.3 is 5.97 Å². The van der Waals surface area contributed by atoms with E-state index in [1.165, 1.54) is 11.3 Å². The molecule has 0 bridgehead atoms. The molecule has 0 saturated carbocycles. The van der Waals surface area contributed by atoms with Crippen LogP contribution in [0, 0.1) is 0 Å². The Kier molecular flexibility index (Phi) is 5.12. The summed E-state index contributed by atoms with van der Waals surface area (Å²) < 4.78 is 16.1. The Morgan fingerprint density at radius 3 is 2.88 bits per heavy atom. The smallest absolute Gasteiger partial charge is 0.344 e. The van der Waals surface area contributed by atoms with Gasteiger partial charge in [0, 0.05) is 0 Å². The molecule has 0 spiro atoms. The van der Waals surface area contributed by atoms with Gasteiger partial charge in [0.15, 0.2) is 12.7 Å². The number of thiophene rings is 1. The van der Waals surface area contributed by atoms with Gasteiger partial charge in [-0.05, 0) is 30.5 Å². The molecule has 1 aromatic carbocycles. The molecule has 24 heavy (non-hydrogen) atoms. The van der Waals surface area contributed by atoms with Crippen LogP contribution in [0.3, 0.4) is 0 Å². The summed E-state index contributed by atoms with van der Waals surface area (Å²) in [6, 6.07) is 10.6. The van der Waals surface area contributed by atoms with Crippen LogP contribution >= 0.6 is 22.9 Å². The minimum absolute atomic E-state index is 0.226. The Bertz CT molecular complexity index is 819. The molecule has 1 unspecified atom stereocenters. The standard InChI is InChI=1S/C16H13ClN2O4S/c1-10(15-18-19-16(23-15)13-7-4-8-24-13)22-14(20)9-21-12-6-3-2-5-11(12)17/h2-8,10H,9H2,1H3. The van der Waals surface area contributed by atoms with Crippen molar-refractivity contribution in [2.75, 3.05) is 6.61 Å². The first kappa shape index (κ1) is 16.5. The second-order valence-electron chi connectivity index (χ2n) is 4.77. The molecule has 1 atom stereocenters. The summed E-state index contributed by atoms with van der Waals surface area (Å²) in [5.41, 5.74) is 0. The number of hydrogen-bond acceptors (Lipinski definition) is 7. The Hall–Kier alpha value is -2.38. The third-order valence-corrected chi connectivity index (χ3v) is 4.18. The molecule has 0 saturated heterocycles. The van der Waals surface area contributed by atoms with Crippen LogP contribution in [0.15, 0.2) is 46.2 Å². The number of rotatable bonds is 6. The highest BCUT2D eigenvalue weighted by molar-refractivity contribution is 7.13. The summed E-state index contributed by atoms with van der Waals surface area (Å²) in [7, 11) is 0. The Balaban J connectivity index is 1.55. The monoisotopic (exact) mass is 364 g/mol. The van der Waals surface area contributed by atoms with Gasteiger partial charge in [0.25, 0.3) is 11.8 Å². The van der Waals surface area contributed by atoms with Crippen LogP contribution in [0.25, 0.3) is 10.8 Å². The molecule has 124 valence electrons. The number of aromatic nitrogens is 2. The molecular weight excluding hydrogens is 352 g/mol. The molecule has 8 heteroatoms. The lowest BCUT2D eigenvalue weighted by Crippen LogP contribution is -2.17. The zero-order valence-corrected chi connectivity index (χ0v) is 14.2. The Labute approximate surface area is 147 Å². The SMILES string of the molecule is CC(OC(=O)COc1ccccc1Cl)c1nnc(-c2cccs2)o1. The van der Waals surface area contributed by atoms with Gasteiger partial charge in [-0.25, -0.2) is 4.79 Å². The number of benzene rings is 1.